The lowest BCUT2D eigenvalue weighted by molar-refractivity contribution is -0.138. The van der Waals surface area contributed by atoms with E-state index in [0.29, 0.717) is 6.07 Å². The molecule has 1 rings (SSSR count). The van der Waals surface area contributed by atoms with Crippen LogP contribution in [0.1, 0.15) is 31.0 Å². The topological polar surface area (TPSA) is 58.3 Å². The molecule has 0 aromatic heterocycles. The highest BCUT2D eigenvalue weighted by molar-refractivity contribution is 5.33. The summed E-state index contributed by atoms with van der Waals surface area (Å²) >= 11 is 0. The normalized spacial score (nSPS) is 16.6. The van der Waals surface area contributed by atoms with Crippen molar-refractivity contribution >= 4 is 0 Å². The molecular formula is C14H20F4N2O. The van der Waals surface area contributed by atoms with Gasteiger partial charge in [-0.05, 0) is 30.5 Å². The number of benzene rings is 1. The zero-order valence-corrected chi connectivity index (χ0v) is 11.9. The van der Waals surface area contributed by atoms with Crippen LogP contribution in [0, 0.1) is 11.7 Å². The molecule has 120 valence electrons. The highest BCUT2D eigenvalue weighted by Gasteiger charge is 2.35. The van der Waals surface area contributed by atoms with Gasteiger partial charge in [-0.3, -0.25) is 0 Å². The van der Waals surface area contributed by atoms with Crippen molar-refractivity contribution in [1.29, 1.82) is 0 Å². The molecule has 3 atom stereocenters. The van der Waals surface area contributed by atoms with E-state index in [1.54, 1.807) is 13.8 Å². The lowest BCUT2D eigenvalue weighted by Crippen LogP contribution is -2.40. The largest absolute Gasteiger partial charge is 0.416 e. The second-order valence-corrected chi connectivity index (χ2v) is 5.13. The first kappa shape index (κ1) is 17.9. The average Bonchev–Trinajstić information content (AvgIpc) is 2.42. The molecule has 3 nitrogen and oxygen atoms in total. The van der Waals surface area contributed by atoms with Crippen LogP contribution in [0.25, 0.3) is 0 Å². The highest BCUT2D eigenvalue weighted by atomic mass is 19.4. The summed E-state index contributed by atoms with van der Waals surface area (Å²) in [4.78, 5) is 0. The summed E-state index contributed by atoms with van der Waals surface area (Å²) in [5.74, 6) is -1.09. The van der Waals surface area contributed by atoms with Gasteiger partial charge in [0.1, 0.15) is 5.82 Å². The van der Waals surface area contributed by atoms with E-state index in [1.165, 1.54) is 0 Å². The van der Waals surface area contributed by atoms with E-state index in [-0.39, 0.29) is 30.7 Å². The Morgan fingerprint density at radius 3 is 2.38 bits per heavy atom. The third kappa shape index (κ3) is 4.66. The number of halogens is 4. The van der Waals surface area contributed by atoms with E-state index in [4.69, 9.17) is 10.8 Å². The maximum absolute atomic E-state index is 13.1. The second-order valence-electron chi connectivity index (χ2n) is 5.13. The lowest BCUT2D eigenvalue weighted by Gasteiger charge is -2.27. The van der Waals surface area contributed by atoms with Crippen molar-refractivity contribution in [2.24, 2.45) is 11.7 Å². The van der Waals surface area contributed by atoms with Crippen molar-refractivity contribution in [3.8, 4) is 0 Å². The average molecular weight is 308 g/mol. The predicted molar refractivity (Wildman–Crippen MR) is 72.0 cm³/mol. The van der Waals surface area contributed by atoms with E-state index >= 15 is 0 Å². The molecule has 21 heavy (non-hydrogen) atoms. The Balaban J connectivity index is 3.11. The van der Waals surface area contributed by atoms with Gasteiger partial charge in [0, 0.05) is 25.2 Å². The minimum atomic E-state index is -4.65. The molecule has 0 spiro atoms. The summed E-state index contributed by atoms with van der Waals surface area (Å²) in [6.45, 7) is 3.35. The first-order valence-corrected chi connectivity index (χ1v) is 6.64. The predicted octanol–water partition coefficient (Wildman–Crippen LogP) is 2.45. The fraction of sp³-hybridized carbons (Fsp3) is 0.571. The third-order valence-corrected chi connectivity index (χ3v) is 3.54. The number of rotatable bonds is 6. The van der Waals surface area contributed by atoms with Gasteiger partial charge in [-0.15, -0.1) is 0 Å². The molecule has 3 unspecified atom stereocenters. The molecule has 4 N–H and O–H groups in total. The Labute approximate surface area is 121 Å². The molecule has 0 radical (unpaired) electrons. The molecule has 0 saturated heterocycles. The number of hydrogen-bond donors (Lipinski definition) is 3. The van der Waals surface area contributed by atoms with Crippen LogP contribution < -0.4 is 11.1 Å². The summed E-state index contributed by atoms with van der Waals surface area (Å²) < 4.78 is 52.1. The molecule has 7 heteroatoms. The number of hydrogen-bond acceptors (Lipinski definition) is 3. The zero-order chi connectivity index (χ0) is 16.2. The van der Waals surface area contributed by atoms with E-state index in [0.717, 1.165) is 12.1 Å². The van der Waals surface area contributed by atoms with Crippen molar-refractivity contribution in [1.82, 2.24) is 5.32 Å². The molecule has 0 fully saturated rings. The van der Waals surface area contributed by atoms with E-state index in [1.807, 2.05) is 0 Å². The molecular weight excluding hydrogens is 288 g/mol. The molecule has 1 aromatic rings. The van der Waals surface area contributed by atoms with E-state index < -0.39 is 23.6 Å². The number of aliphatic hydroxyl groups is 1. The van der Waals surface area contributed by atoms with Crippen LogP contribution in [0.3, 0.4) is 0 Å². The first-order chi connectivity index (χ1) is 9.70. The Morgan fingerprint density at radius 2 is 1.90 bits per heavy atom. The number of alkyl halides is 3. The summed E-state index contributed by atoms with van der Waals surface area (Å²) in [6.07, 6.45) is -4.65. The van der Waals surface area contributed by atoms with Gasteiger partial charge in [-0.2, -0.15) is 13.2 Å². The van der Waals surface area contributed by atoms with Gasteiger partial charge >= 0.3 is 6.18 Å². The van der Waals surface area contributed by atoms with Gasteiger partial charge < -0.3 is 16.2 Å². The van der Waals surface area contributed by atoms with Crippen LogP contribution in [0.15, 0.2) is 18.2 Å². The molecule has 0 heterocycles. The lowest BCUT2D eigenvalue weighted by atomic mass is 9.97. The third-order valence-electron chi connectivity index (χ3n) is 3.54. The zero-order valence-electron chi connectivity index (χ0n) is 11.9. The van der Waals surface area contributed by atoms with Crippen LogP contribution in [0.2, 0.25) is 0 Å². The minimum Gasteiger partial charge on any atom is -0.396 e. The minimum absolute atomic E-state index is 0.0722. The Hall–Kier alpha value is -1.18. The van der Waals surface area contributed by atoms with Crippen molar-refractivity contribution in [3.05, 3.63) is 35.1 Å². The highest BCUT2D eigenvalue weighted by Crippen LogP contribution is 2.35. The molecule has 0 amide bonds. The Morgan fingerprint density at radius 1 is 1.29 bits per heavy atom. The van der Waals surface area contributed by atoms with E-state index in [2.05, 4.69) is 5.32 Å². The maximum atomic E-state index is 13.1. The number of nitrogens with two attached hydrogens (primary N) is 1. The Kier molecular flexibility index (Phi) is 6.12. The summed E-state index contributed by atoms with van der Waals surface area (Å²) in [6, 6.07) is 1.54. The maximum Gasteiger partial charge on any atom is 0.416 e. The molecule has 0 saturated carbocycles. The number of nitrogens with one attached hydrogen (secondary N) is 1. The molecule has 0 bridgehead atoms. The monoisotopic (exact) mass is 308 g/mol. The fourth-order valence-electron chi connectivity index (χ4n) is 2.00. The van der Waals surface area contributed by atoms with Gasteiger partial charge in [0.25, 0.3) is 0 Å². The quantitative estimate of drug-likeness (QED) is 0.708. The van der Waals surface area contributed by atoms with Crippen LogP contribution in [-0.2, 0) is 6.18 Å². The smallest absolute Gasteiger partial charge is 0.396 e. The molecule has 0 aliphatic carbocycles. The molecule has 1 aromatic carbocycles. The SMILES string of the molecule is CC(CO)C(C)NC(CN)c1ccc(F)cc1C(F)(F)F. The number of aliphatic hydroxyl groups excluding tert-OH is 1. The van der Waals surface area contributed by atoms with Crippen molar-refractivity contribution in [2.45, 2.75) is 32.1 Å². The molecule has 0 aliphatic rings. The fourth-order valence-corrected chi connectivity index (χ4v) is 2.00. The van der Waals surface area contributed by atoms with Crippen molar-refractivity contribution in [3.63, 3.8) is 0 Å². The van der Waals surface area contributed by atoms with Gasteiger partial charge in [-0.1, -0.05) is 13.0 Å². The summed E-state index contributed by atoms with van der Waals surface area (Å²) in [5.41, 5.74) is 4.43. The summed E-state index contributed by atoms with van der Waals surface area (Å²) in [5, 5.41) is 12.0. The van der Waals surface area contributed by atoms with Crippen LogP contribution in [0.4, 0.5) is 17.6 Å². The summed E-state index contributed by atoms with van der Waals surface area (Å²) in [7, 11) is 0. The van der Waals surface area contributed by atoms with Gasteiger partial charge in [0.15, 0.2) is 0 Å². The molecule has 0 aliphatic heterocycles. The first-order valence-electron chi connectivity index (χ1n) is 6.64. The van der Waals surface area contributed by atoms with Crippen LogP contribution in [0.5, 0.6) is 0 Å². The van der Waals surface area contributed by atoms with Crippen molar-refractivity contribution < 1.29 is 22.7 Å². The Bertz CT molecular complexity index is 465. The standard InChI is InChI=1S/C14H20F4N2O/c1-8(7-21)9(2)20-13(6-19)11-4-3-10(15)5-12(11)14(16,17)18/h3-5,8-9,13,20-21H,6-7,19H2,1-2H3. The van der Waals surface area contributed by atoms with Gasteiger partial charge in [-0.25, -0.2) is 4.39 Å². The van der Waals surface area contributed by atoms with Crippen molar-refractivity contribution in [2.75, 3.05) is 13.2 Å². The van der Waals surface area contributed by atoms with Gasteiger partial charge in [0.05, 0.1) is 5.56 Å². The van der Waals surface area contributed by atoms with Gasteiger partial charge in [0.2, 0.25) is 0 Å². The van der Waals surface area contributed by atoms with E-state index in [9.17, 15) is 17.6 Å². The van der Waals surface area contributed by atoms with Crippen LogP contribution >= 0.6 is 0 Å². The van der Waals surface area contributed by atoms with Crippen LogP contribution in [-0.4, -0.2) is 24.3 Å². The second kappa shape index (κ2) is 7.20.